The third-order valence-corrected chi connectivity index (χ3v) is 5.83. The molecule has 1 aliphatic heterocycles. The summed E-state index contributed by atoms with van der Waals surface area (Å²) in [5.74, 6) is 1.14. The maximum absolute atomic E-state index is 12.8. The summed E-state index contributed by atoms with van der Waals surface area (Å²) in [4.78, 5) is 24.2. The molecule has 10 nitrogen and oxygen atoms in total. The highest BCUT2D eigenvalue weighted by atomic mass is 32.2. The van der Waals surface area contributed by atoms with Crippen molar-refractivity contribution in [2.75, 3.05) is 49.5 Å². The van der Waals surface area contributed by atoms with E-state index in [0.29, 0.717) is 44.3 Å². The SMILES string of the molecule is CCNC(=O)N1CCN(c2nccnc2NS(=O)(=O)c2ccc(OC)cc2)CC1. The lowest BCUT2D eigenvalue weighted by Crippen LogP contribution is -2.52. The largest absolute Gasteiger partial charge is 0.497 e. The molecule has 2 amide bonds. The van der Waals surface area contributed by atoms with Gasteiger partial charge in [0.05, 0.1) is 12.0 Å². The minimum absolute atomic E-state index is 0.0935. The third kappa shape index (κ3) is 4.86. The van der Waals surface area contributed by atoms with Crippen molar-refractivity contribution in [3.05, 3.63) is 36.7 Å². The molecule has 11 heteroatoms. The molecule has 0 bridgehead atoms. The van der Waals surface area contributed by atoms with Gasteiger partial charge in [0.2, 0.25) is 0 Å². The van der Waals surface area contributed by atoms with Crippen molar-refractivity contribution >= 4 is 27.7 Å². The summed E-state index contributed by atoms with van der Waals surface area (Å²) in [7, 11) is -2.33. The molecule has 2 N–H and O–H groups in total. The molecule has 3 rings (SSSR count). The lowest BCUT2D eigenvalue weighted by Gasteiger charge is -2.35. The van der Waals surface area contributed by atoms with Crippen molar-refractivity contribution in [1.29, 1.82) is 0 Å². The first kappa shape index (κ1) is 20.6. The normalized spacial score (nSPS) is 14.4. The molecule has 2 aromatic rings. The van der Waals surface area contributed by atoms with Gasteiger partial charge in [-0.05, 0) is 31.2 Å². The highest BCUT2D eigenvalue weighted by molar-refractivity contribution is 7.92. The van der Waals surface area contributed by atoms with Gasteiger partial charge in [0, 0.05) is 45.1 Å². The van der Waals surface area contributed by atoms with Gasteiger partial charge >= 0.3 is 6.03 Å². The zero-order chi connectivity index (χ0) is 20.9. The molecule has 1 fully saturated rings. The van der Waals surface area contributed by atoms with Crippen molar-refractivity contribution in [2.24, 2.45) is 0 Å². The topological polar surface area (TPSA) is 117 Å². The maximum Gasteiger partial charge on any atom is 0.317 e. The standard InChI is InChI=1S/C18H24N6O4S/c1-3-19-18(25)24-12-10-23(11-13-24)17-16(20-8-9-21-17)22-29(26,27)15-6-4-14(28-2)5-7-15/h4-9H,3,10-13H2,1-2H3,(H,19,25)(H,20,22). The second-order valence-electron chi connectivity index (χ2n) is 6.32. The molecule has 29 heavy (non-hydrogen) atoms. The number of hydrogen-bond acceptors (Lipinski definition) is 7. The van der Waals surface area contributed by atoms with E-state index in [9.17, 15) is 13.2 Å². The van der Waals surface area contributed by atoms with Crippen LogP contribution in [0.2, 0.25) is 0 Å². The number of sulfonamides is 1. The number of amides is 2. The second kappa shape index (κ2) is 8.95. The van der Waals surface area contributed by atoms with E-state index < -0.39 is 10.0 Å². The predicted octanol–water partition coefficient (Wildman–Crippen LogP) is 1.14. The zero-order valence-electron chi connectivity index (χ0n) is 16.3. The quantitative estimate of drug-likeness (QED) is 0.720. The van der Waals surface area contributed by atoms with Crippen molar-refractivity contribution in [3.8, 4) is 5.75 Å². The third-order valence-electron chi connectivity index (χ3n) is 4.47. The fourth-order valence-corrected chi connectivity index (χ4v) is 3.97. The average Bonchev–Trinajstić information content (AvgIpc) is 2.74. The van der Waals surface area contributed by atoms with Crippen LogP contribution in [0.5, 0.6) is 5.75 Å². The Bertz CT molecular complexity index is 943. The number of methoxy groups -OCH3 is 1. The summed E-state index contributed by atoms with van der Waals surface area (Å²) in [5.41, 5.74) is 0. The molecule has 1 aromatic carbocycles. The number of nitrogens with zero attached hydrogens (tertiary/aromatic N) is 4. The van der Waals surface area contributed by atoms with E-state index in [1.165, 1.54) is 31.6 Å². The van der Waals surface area contributed by atoms with E-state index in [4.69, 9.17) is 4.74 Å². The highest BCUT2D eigenvalue weighted by Gasteiger charge is 2.25. The van der Waals surface area contributed by atoms with E-state index in [-0.39, 0.29) is 16.7 Å². The summed E-state index contributed by atoms with van der Waals surface area (Å²) in [5, 5.41) is 2.78. The summed E-state index contributed by atoms with van der Waals surface area (Å²) in [6, 6.07) is 5.97. The van der Waals surface area contributed by atoms with Crippen LogP contribution in [0.1, 0.15) is 6.92 Å². The fourth-order valence-electron chi connectivity index (χ4n) is 2.96. The first-order valence-electron chi connectivity index (χ1n) is 9.20. The van der Waals surface area contributed by atoms with E-state index in [1.54, 1.807) is 17.0 Å². The van der Waals surface area contributed by atoms with Gasteiger partial charge in [0.1, 0.15) is 5.75 Å². The van der Waals surface area contributed by atoms with Crippen LogP contribution in [0.4, 0.5) is 16.4 Å². The highest BCUT2D eigenvalue weighted by Crippen LogP contribution is 2.25. The minimum Gasteiger partial charge on any atom is -0.497 e. The number of carbonyl (C=O) groups excluding carboxylic acids is 1. The Morgan fingerprint density at radius 2 is 1.76 bits per heavy atom. The zero-order valence-corrected chi connectivity index (χ0v) is 17.1. The Hall–Kier alpha value is -3.08. The molecule has 1 aromatic heterocycles. The first-order valence-corrected chi connectivity index (χ1v) is 10.7. The molecule has 0 aliphatic carbocycles. The van der Waals surface area contributed by atoms with E-state index >= 15 is 0 Å². The smallest absolute Gasteiger partial charge is 0.317 e. The lowest BCUT2D eigenvalue weighted by molar-refractivity contribution is 0.195. The average molecular weight is 420 g/mol. The number of carbonyl (C=O) groups is 1. The molecular formula is C18H24N6O4S. The Labute approximate surface area is 169 Å². The number of hydrogen-bond donors (Lipinski definition) is 2. The Balaban J connectivity index is 1.75. The number of ether oxygens (including phenoxy) is 1. The van der Waals surface area contributed by atoms with Crippen molar-refractivity contribution in [1.82, 2.24) is 20.2 Å². The number of nitrogens with one attached hydrogen (secondary N) is 2. The van der Waals surface area contributed by atoms with Crippen LogP contribution < -0.4 is 19.7 Å². The van der Waals surface area contributed by atoms with Gasteiger partial charge in [-0.15, -0.1) is 0 Å². The molecule has 0 saturated carbocycles. The van der Waals surface area contributed by atoms with Gasteiger partial charge in [0.15, 0.2) is 11.6 Å². The van der Waals surface area contributed by atoms with Crippen LogP contribution >= 0.6 is 0 Å². The predicted molar refractivity (Wildman–Crippen MR) is 109 cm³/mol. The first-order chi connectivity index (χ1) is 13.9. The van der Waals surface area contributed by atoms with Crippen LogP contribution in [-0.4, -0.2) is 69.2 Å². The number of anilines is 2. The van der Waals surface area contributed by atoms with Crippen molar-refractivity contribution in [3.63, 3.8) is 0 Å². The molecule has 0 atom stereocenters. The lowest BCUT2D eigenvalue weighted by atomic mass is 10.3. The Kier molecular flexibility index (Phi) is 6.37. The number of aromatic nitrogens is 2. The molecule has 2 heterocycles. The van der Waals surface area contributed by atoms with Crippen LogP contribution in [0.25, 0.3) is 0 Å². The molecule has 1 aliphatic rings. The summed E-state index contributed by atoms with van der Waals surface area (Å²) in [6.45, 7) is 4.50. The second-order valence-corrected chi connectivity index (χ2v) is 8.00. The van der Waals surface area contributed by atoms with Gasteiger partial charge in [-0.2, -0.15) is 0 Å². The molecule has 0 spiro atoms. The minimum atomic E-state index is -3.84. The van der Waals surface area contributed by atoms with E-state index in [1.807, 2.05) is 11.8 Å². The maximum atomic E-state index is 12.8. The monoisotopic (exact) mass is 420 g/mol. The molecule has 156 valence electrons. The van der Waals surface area contributed by atoms with Gasteiger partial charge < -0.3 is 19.9 Å². The summed E-state index contributed by atoms with van der Waals surface area (Å²) < 4.78 is 33.1. The van der Waals surface area contributed by atoms with Crippen LogP contribution in [0.15, 0.2) is 41.6 Å². The van der Waals surface area contributed by atoms with Gasteiger partial charge in [-0.1, -0.05) is 0 Å². The molecule has 1 saturated heterocycles. The molecular weight excluding hydrogens is 396 g/mol. The molecule has 0 unspecified atom stereocenters. The summed E-state index contributed by atoms with van der Waals surface area (Å²) in [6.07, 6.45) is 2.94. The van der Waals surface area contributed by atoms with E-state index in [2.05, 4.69) is 20.0 Å². The number of urea groups is 1. The number of piperazine rings is 1. The van der Waals surface area contributed by atoms with Crippen molar-refractivity contribution < 1.29 is 17.9 Å². The van der Waals surface area contributed by atoms with Gasteiger partial charge in [-0.25, -0.2) is 23.2 Å². The number of rotatable bonds is 6. The van der Waals surface area contributed by atoms with Crippen molar-refractivity contribution in [2.45, 2.75) is 11.8 Å². The summed E-state index contributed by atoms with van der Waals surface area (Å²) >= 11 is 0. The fraction of sp³-hybridized carbons (Fsp3) is 0.389. The number of benzene rings is 1. The van der Waals surface area contributed by atoms with Gasteiger partial charge in [0.25, 0.3) is 10.0 Å². The Morgan fingerprint density at radius 3 is 2.38 bits per heavy atom. The molecule has 0 radical (unpaired) electrons. The van der Waals surface area contributed by atoms with Crippen LogP contribution in [0, 0.1) is 0 Å². The Morgan fingerprint density at radius 1 is 1.10 bits per heavy atom. The van der Waals surface area contributed by atoms with Gasteiger partial charge in [-0.3, -0.25) is 4.72 Å². The van der Waals surface area contributed by atoms with Crippen LogP contribution in [0.3, 0.4) is 0 Å². The van der Waals surface area contributed by atoms with E-state index in [0.717, 1.165) is 0 Å². The van der Waals surface area contributed by atoms with Crippen LogP contribution in [-0.2, 0) is 10.0 Å².